The number of carboxylic acid groups (broad SMARTS) is 1. The van der Waals surface area contributed by atoms with Gasteiger partial charge in [0.25, 0.3) is 0 Å². The lowest BCUT2D eigenvalue weighted by Gasteiger charge is -2.26. The zero-order valence-electron chi connectivity index (χ0n) is 16.8. The molecule has 8 heteroatoms. The van der Waals surface area contributed by atoms with E-state index in [1.807, 2.05) is 6.20 Å². The number of benzene rings is 1. The Labute approximate surface area is 174 Å². The van der Waals surface area contributed by atoms with Crippen LogP contribution in [-0.4, -0.2) is 69.8 Å². The lowest BCUT2D eigenvalue weighted by Crippen LogP contribution is -2.37. The highest BCUT2D eigenvalue weighted by Crippen LogP contribution is 2.32. The predicted molar refractivity (Wildman–Crippen MR) is 114 cm³/mol. The first-order chi connectivity index (χ1) is 14.7. The fourth-order valence-electron chi connectivity index (χ4n) is 3.88. The standard InChI is InChI=1S/C22H25N5O3/c28-22(29)14-3-6-16-17-13-23-19(2-1-7-27-8-10-30-11-9-27)26-20(17)21(24-15-4-5-15)25-18(16)12-14/h3,6,12-13,15H,1-2,4-5,7-11H2,(H,24,25)(H,28,29). The van der Waals surface area contributed by atoms with E-state index < -0.39 is 5.97 Å². The van der Waals surface area contributed by atoms with Crippen LogP contribution in [0.25, 0.3) is 21.8 Å². The molecular weight excluding hydrogens is 382 g/mol. The number of carbonyl (C=O) groups is 1. The normalized spacial score (nSPS) is 17.5. The van der Waals surface area contributed by atoms with E-state index in [0.29, 0.717) is 11.6 Å². The minimum atomic E-state index is -0.956. The molecule has 2 aromatic heterocycles. The van der Waals surface area contributed by atoms with Gasteiger partial charge in [0.15, 0.2) is 5.82 Å². The third-order valence-corrected chi connectivity index (χ3v) is 5.73. The Balaban J connectivity index is 1.45. The molecule has 0 unspecified atom stereocenters. The van der Waals surface area contributed by atoms with Crippen molar-refractivity contribution in [2.75, 3.05) is 38.2 Å². The first kappa shape index (κ1) is 19.1. The monoisotopic (exact) mass is 407 g/mol. The van der Waals surface area contributed by atoms with E-state index in [1.165, 1.54) is 0 Å². The molecule has 1 saturated carbocycles. The van der Waals surface area contributed by atoms with E-state index in [0.717, 1.165) is 86.5 Å². The molecule has 0 amide bonds. The van der Waals surface area contributed by atoms with Crippen LogP contribution in [0.3, 0.4) is 0 Å². The van der Waals surface area contributed by atoms with E-state index in [9.17, 15) is 9.90 Å². The van der Waals surface area contributed by atoms with Gasteiger partial charge in [-0.1, -0.05) is 6.07 Å². The Bertz CT molecular complexity index is 1090. The first-order valence-corrected chi connectivity index (χ1v) is 10.6. The molecule has 0 radical (unpaired) electrons. The highest BCUT2D eigenvalue weighted by molar-refractivity contribution is 6.09. The number of anilines is 1. The van der Waals surface area contributed by atoms with Crippen LogP contribution in [0.1, 0.15) is 35.4 Å². The lowest BCUT2D eigenvalue weighted by molar-refractivity contribution is 0.0374. The van der Waals surface area contributed by atoms with Gasteiger partial charge in [0.2, 0.25) is 0 Å². The third-order valence-electron chi connectivity index (χ3n) is 5.73. The van der Waals surface area contributed by atoms with Gasteiger partial charge >= 0.3 is 5.97 Å². The van der Waals surface area contributed by atoms with E-state index in [1.54, 1.807) is 18.2 Å². The maximum Gasteiger partial charge on any atom is 0.335 e. The second-order valence-corrected chi connectivity index (χ2v) is 8.02. The smallest absolute Gasteiger partial charge is 0.335 e. The summed E-state index contributed by atoms with van der Waals surface area (Å²) in [6, 6.07) is 5.44. The van der Waals surface area contributed by atoms with Gasteiger partial charge in [0.1, 0.15) is 11.3 Å². The minimum absolute atomic E-state index is 0.229. The second-order valence-electron chi connectivity index (χ2n) is 8.02. The Morgan fingerprint density at radius 3 is 2.80 bits per heavy atom. The Morgan fingerprint density at radius 1 is 1.20 bits per heavy atom. The van der Waals surface area contributed by atoms with Crippen LogP contribution in [-0.2, 0) is 11.2 Å². The Hall–Kier alpha value is -2.84. The highest BCUT2D eigenvalue weighted by atomic mass is 16.5. The van der Waals surface area contributed by atoms with Gasteiger partial charge in [-0.05, 0) is 37.9 Å². The molecule has 0 atom stereocenters. The Morgan fingerprint density at radius 2 is 2.03 bits per heavy atom. The fraction of sp³-hybridized carbons (Fsp3) is 0.455. The number of nitrogens with zero attached hydrogens (tertiary/aromatic N) is 4. The summed E-state index contributed by atoms with van der Waals surface area (Å²) < 4.78 is 5.41. The van der Waals surface area contributed by atoms with Gasteiger partial charge in [-0.2, -0.15) is 0 Å². The van der Waals surface area contributed by atoms with Gasteiger partial charge in [0.05, 0.1) is 24.3 Å². The van der Waals surface area contributed by atoms with Crippen LogP contribution in [0, 0.1) is 0 Å². The first-order valence-electron chi connectivity index (χ1n) is 10.6. The number of ether oxygens (including phenoxy) is 1. The molecule has 30 heavy (non-hydrogen) atoms. The molecule has 2 aliphatic rings. The molecule has 2 N–H and O–H groups in total. The third kappa shape index (κ3) is 4.06. The van der Waals surface area contributed by atoms with Crippen LogP contribution < -0.4 is 5.32 Å². The number of fused-ring (bicyclic) bond motifs is 3. The molecule has 3 heterocycles. The quantitative estimate of drug-likeness (QED) is 0.577. The molecule has 0 spiro atoms. The van der Waals surface area contributed by atoms with Gasteiger partial charge in [-0.25, -0.2) is 19.7 Å². The molecule has 0 bridgehead atoms. The lowest BCUT2D eigenvalue weighted by atomic mass is 10.1. The maximum absolute atomic E-state index is 11.4. The van der Waals surface area contributed by atoms with Crippen LogP contribution in [0.2, 0.25) is 0 Å². The van der Waals surface area contributed by atoms with E-state index in [4.69, 9.17) is 14.7 Å². The van der Waals surface area contributed by atoms with Crippen molar-refractivity contribution in [2.24, 2.45) is 0 Å². The number of rotatable bonds is 7. The summed E-state index contributed by atoms with van der Waals surface area (Å²) in [5.41, 5.74) is 1.69. The molecule has 156 valence electrons. The second kappa shape index (κ2) is 8.12. The summed E-state index contributed by atoms with van der Waals surface area (Å²) >= 11 is 0. The van der Waals surface area contributed by atoms with Crippen molar-refractivity contribution in [3.05, 3.63) is 35.8 Å². The van der Waals surface area contributed by atoms with Crippen molar-refractivity contribution in [2.45, 2.75) is 31.7 Å². The number of aromatic nitrogens is 3. The average Bonchev–Trinajstić information content (AvgIpc) is 3.58. The van der Waals surface area contributed by atoms with Crippen molar-refractivity contribution in [3.8, 4) is 0 Å². The molecule has 1 aliphatic carbocycles. The van der Waals surface area contributed by atoms with Gasteiger partial charge in [-0.15, -0.1) is 0 Å². The fourth-order valence-corrected chi connectivity index (χ4v) is 3.88. The van der Waals surface area contributed by atoms with Crippen LogP contribution in [0.4, 0.5) is 5.82 Å². The topological polar surface area (TPSA) is 100 Å². The van der Waals surface area contributed by atoms with Crippen molar-refractivity contribution >= 4 is 33.6 Å². The number of nitrogens with one attached hydrogen (secondary N) is 1. The predicted octanol–water partition coefficient (Wildman–Crippen LogP) is 2.72. The number of aryl methyl sites for hydroxylation is 1. The van der Waals surface area contributed by atoms with E-state index in [-0.39, 0.29) is 5.56 Å². The average molecular weight is 407 g/mol. The number of hydrogen-bond donors (Lipinski definition) is 2. The number of hydrogen-bond acceptors (Lipinski definition) is 7. The van der Waals surface area contributed by atoms with E-state index >= 15 is 0 Å². The van der Waals surface area contributed by atoms with Gasteiger partial charge in [-0.3, -0.25) is 4.90 Å². The SMILES string of the molecule is O=C(O)c1ccc2c(c1)nc(NC1CC1)c1nc(CCCN3CCOCC3)ncc12. The number of aromatic carboxylic acids is 1. The van der Waals surface area contributed by atoms with Gasteiger partial charge < -0.3 is 15.2 Å². The van der Waals surface area contributed by atoms with Crippen molar-refractivity contribution in [1.29, 1.82) is 0 Å². The summed E-state index contributed by atoms with van der Waals surface area (Å²) in [6.07, 6.45) is 5.91. The molecule has 8 nitrogen and oxygen atoms in total. The van der Waals surface area contributed by atoms with Crippen LogP contribution in [0.15, 0.2) is 24.4 Å². The van der Waals surface area contributed by atoms with Crippen molar-refractivity contribution in [3.63, 3.8) is 0 Å². The maximum atomic E-state index is 11.4. The summed E-state index contributed by atoms with van der Waals surface area (Å²) in [5, 5.41) is 14.6. The molecule has 2 fully saturated rings. The Kier molecular flexibility index (Phi) is 5.18. The molecule has 1 aliphatic heterocycles. The largest absolute Gasteiger partial charge is 0.478 e. The summed E-state index contributed by atoms with van der Waals surface area (Å²) in [7, 11) is 0. The van der Waals surface area contributed by atoms with Crippen molar-refractivity contribution < 1.29 is 14.6 Å². The number of carboxylic acids is 1. The molecule has 1 saturated heterocycles. The van der Waals surface area contributed by atoms with Crippen LogP contribution >= 0.6 is 0 Å². The summed E-state index contributed by atoms with van der Waals surface area (Å²) in [4.78, 5) is 28.0. The minimum Gasteiger partial charge on any atom is -0.478 e. The molecule has 5 rings (SSSR count). The molecule has 1 aromatic carbocycles. The van der Waals surface area contributed by atoms with Gasteiger partial charge in [0, 0.05) is 42.5 Å². The number of morpholine rings is 1. The highest BCUT2D eigenvalue weighted by Gasteiger charge is 2.23. The van der Waals surface area contributed by atoms with Crippen molar-refractivity contribution in [1.82, 2.24) is 19.9 Å². The zero-order chi connectivity index (χ0) is 20.5. The summed E-state index contributed by atoms with van der Waals surface area (Å²) in [5.74, 6) is 0.583. The van der Waals surface area contributed by atoms with Crippen LogP contribution in [0.5, 0.6) is 0 Å². The molecule has 3 aromatic rings. The van der Waals surface area contributed by atoms with E-state index in [2.05, 4.69) is 15.2 Å². The molecular formula is C22H25N5O3. The summed E-state index contributed by atoms with van der Waals surface area (Å²) in [6.45, 7) is 4.62. The zero-order valence-corrected chi connectivity index (χ0v) is 16.8. The number of pyridine rings is 1.